The fourth-order valence-corrected chi connectivity index (χ4v) is 6.80. The van der Waals surface area contributed by atoms with Gasteiger partial charge in [0.25, 0.3) is 0 Å². The summed E-state index contributed by atoms with van der Waals surface area (Å²) in [5, 5.41) is 35.5. The van der Waals surface area contributed by atoms with Crippen LogP contribution in [0.4, 0.5) is 4.79 Å². The Morgan fingerprint density at radius 3 is 2.42 bits per heavy atom. The summed E-state index contributed by atoms with van der Waals surface area (Å²) in [4.78, 5) is 17.9. The lowest BCUT2D eigenvalue weighted by molar-refractivity contribution is 0.170. The maximum absolute atomic E-state index is 13.4. The Bertz CT molecular complexity index is 1540. The monoisotopic (exact) mass is 657 g/mol. The predicted octanol–water partition coefficient (Wildman–Crippen LogP) is 5.86. The maximum atomic E-state index is 13.4. The number of fused-ring (bicyclic) bond motifs is 1. The van der Waals surface area contributed by atoms with E-state index in [-0.39, 0.29) is 35.1 Å². The second-order valence-electron chi connectivity index (χ2n) is 14.5. The number of pyridine rings is 1. The summed E-state index contributed by atoms with van der Waals surface area (Å²) in [7, 11) is 0. The lowest BCUT2D eigenvalue weighted by atomic mass is 9.85. The van der Waals surface area contributed by atoms with Crippen LogP contribution in [0.15, 0.2) is 54.5 Å². The molecule has 1 aromatic heterocycles. The molecule has 2 amide bonds. The Kier molecular flexibility index (Phi) is 11.6. The molecule has 2 aromatic rings. The maximum Gasteiger partial charge on any atom is 0.320 e. The lowest BCUT2D eigenvalue weighted by Gasteiger charge is -2.36. The Morgan fingerprint density at radius 2 is 1.69 bits per heavy atom. The number of hydrogen-bond donors (Lipinski definition) is 6. The lowest BCUT2D eigenvalue weighted by Crippen LogP contribution is -2.47. The van der Waals surface area contributed by atoms with E-state index in [1.807, 2.05) is 45.0 Å². The zero-order valence-electron chi connectivity index (χ0n) is 29.2. The van der Waals surface area contributed by atoms with E-state index in [9.17, 15) is 4.79 Å². The van der Waals surface area contributed by atoms with Crippen molar-refractivity contribution in [3.63, 3.8) is 0 Å². The van der Waals surface area contributed by atoms with E-state index in [4.69, 9.17) is 21.0 Å². The number of carbonyl (C=O) groups excluding carboxylic acids is 1. The second kappa shape index (κ2) is 15.9. The van der Waals surface area contributed by atoms with Crippen LogP contribution in [0, 0.1) is 21.6 Å². The van der Waals surface area contributed by atoms with Gasteiger partial charge in [-0.05, 0) is 94.3 Å². The van der Waals surface area contributed by atoms with E-state index < -0.39 is 0 Å². The minimum atomic E-state index is -0.345. The van der Waals surface area contributed by atoms with Crippen LogP contribution in [0.2, 0.25) is 0 Å². The highest BCUT2D eigenvalue weighted by atomic mass is 16.5. The van der Waals surface area contributed by atoms with Crippen molar-refractivity contribution in [3.05, 3.63) is 71.1 Å². The third kappa shape index (κ3) is 9.06. The van der Waals surface area contributed by atoms with Crippen LogP contribution in [0.5, 0.6) is 5.75 Å². The number of piperidine rings is 2. The van der Waals surface area contributed by atoms with Crippen molar-refractivity contribution in [2.75, 3.05) is 32.7 Å². The minimum absolute atomic E-state index is 0.202. The van der Waals surface area contributed by atoms with E-state index in [2.05, 4.69) is 32.7 Å². The highest BCUT2D eigenvalue weighted by Crippen LogP contribution is 2.38. The number of aromatic nitrogens is 1. The number of nitrogens with one attached hydrogen (secondary N) is 6. The first kappa shape index (κ1) is 35.2. The SMILES string of the molecule is C[C@H]1CCCCN1C(=N)n1cc(O[C@@H]2CC[C@H](NC(=O)N/C(=C/C(=N)C(C)(C)C)NCCN3CCCCC3)c3ccccc32)ccc1=N. The molecule has 3 aliphatic rings. The van der Waals surface area contributed by atoms with Crippen LogP contribution in [0.25, 0.3) is 0 Å². The molecule has 48 heavy (non-hydrogen) atoms. The van der Waals surface area contributed by atoms with Gasteiger partial charge in [-0.1, -0.05) is 51.5 Å². The first-order valence-corrected chi connectivity index (χ1v) is 17.7. The van der Waals surface area contributed by atoms with Crippen LogP contribution in [0.1, 0.15) is 102 Å². The predicted molar refractivity (Wildman–Crippen MR) is 190 cm³/mol. The van der Waals surface area contributed by atoms with Gasteiger partial charge in [-0.3, -0.25) is 20.7 Å². The normalized spacial score (nSPS) is 22.0. The summed E-state index contributed by atoms with van der Waals surface area (Å²) >= 11 is 0. The Morgan fingerprint density at radius 1 is 0.958 bits per heavy atom. The number of benzene rings is 1. The fourth-order valence-electron chi connectivity index (χ4n) is 6.80. The zero-order chi connectivity index (χ0) is 34.3. The van der Waals surface area contributed by atoms with E-state index in [1.165, 1.54) is 25.7 Å². The topological polar surface area (TPSA) is 145 Å². The Hall–Kier alpha value is -4.12. The number of hydrogen-bond acceptors (Lipinski definition) is 7. The second-order valence-corrected chi connectivity index (χ2v) is 14.5. The van der Waals surface area contributed by atoms with Crippen LogP contribution < -0.4 is 26.2 Å². The van der Waals surface area contributed by atoms with E-state index in [0.717, 1.165) is 50.1 Å². The van der Waals surface area contributed by atoms with Crippen molar-refractivity contribution < 1.29 is 9.53 Å². The molecule has 1 aliphatic carbocycles. The van der Waals surface area contributed by atoms with Crippen molar-refractivity contribution in [1.82, 2.24) is 30.3 Å². The number of likely N-dealkylation sites (tertiary alicyclic amines) is 2. The number of amides is 2. The molecule has 0 saturated carbocycles. The molecule has 1 aromatic carbocycles. The number of carbonyl (C=O) groups is 1. The van der Waals surface area contributed by atoms with Crippen LogP contribution in [0.3, 0.4) is 0 Å². The molecule has 6 N–H and O–H groups in total. The Balaban J connectivity index is 1.25. The standard InChI is InChI=1S/C37H55N9O2/c1-26-12-8-11-22-45(26)35(40)46-25-27(15-18-33(46)39)48-31-17-16-30(28-13-6-7-14-29(28)31)42-36(47)43-34(24-32(38)37(2,3)4)41-19-23-44-20-9-5-10-21-44/h6-7,13-15,18,24-26,30-31,38-41H,5,8-12,16-17,19-23H2,1-4H3,(H2,42,43,47)/b34-24+,38-32?,39-33?,40-35?/t26-,30-,31+/m0/s1. The average molecular weight is 658 g/mol. The van der Waals surface area contributed by atoms with Crippen molar-refractivity contribution in [2.24, 2.45) is 5.41 Å². The van der Waals surface area contributed by atoms with Crippen LogP contribution in [-0.4, -0.2) is 70.8 Å². The van der Waals surface area contributed by atoms with Gasteiger partial charge in [0.2, 0.25) is 5.96 Å². The van der Waals surface area contributed by atoms with Gasteiger partial charge in [0, 0.05) is 36.8 Å². The van der Waals surface area contributed by atoms with Gasteiger partial charge in [-0.15, -0.1) is 0 Å². The van der Waals surface area contributed by atoms with Gasteiger partial charge in [0.1, 0.15) is 23.2 Å². The third-order valence-electron chi connectivity index (χ3n) is 9.78. The first-order valence-electron chi connectivity index (χ1n) is 17.7. The van der Waals surface area contributed by atoms with Crippen molar-refractivity contribution in [1.29, 1.82) is 16.2 Å². The third-order valence-corrected chi connectivity index (χ3v) is 9.78. The van der Waals surface area contributed by atoms with Crippen LogP contribution in [-0.2, 0) is 0 Å². The van der Waals surface area contributed by atoms with Crippen molar-refractivity contribution >= 4 is 17.7 Å². The molecule has 0 spiro atoms. The van der Waals surface area contributed by atoms with E-state index in [1.54, 1.807) is 29.0 Å². The largest absolute Gasteiger partial charge is 0.484 e. The molecule has 5 rings (SSSR count). The summed E-state index contributed by atoms with van der Waals surface area (Å²) < 4.78 is 8.14. The first-order chi connectivity index (χ1) is 23.0. The fraction of sp³-hybridized carbons (Fsp3) is 0.568. The van der Waals surface area contributed by atoms with Gasteiger partial charge < -0.3 is 30.6 Å². The zero-order valence-corrected chi connectivity index (χ0v) is 29.2. The summed E-state index contributed by atoms with van der Waals surface area (Å²) in [6, 6.07) is 11.3. The summed E-state index contributed by atoms with van der Waals surface area (Å²) in [6.45, 7) is 12.7. The molecule has 11 heteroatoms. The number of nitrogens with zero attached hydrogens (tertiary/aromatic N) is 3. The van der Waals surface area contributed by atoms with E-state index in [0.29, 0.717) is 42.6 Å². The molecule has 0 unspecified atom stereocenters. The molecule has 2 aliphatic heterocycles. The molecule has 11 nitrogen and oxygen atoms in total. The molecular formula is C37H55N9O2. The Labute approximate surface area is 285 Å². The number of urea groups is 1. The summed E-state index contributed by atoms with van der Waals surface area (Å²) in [5.41, 5.74) is 2.36. The minimum Gasteiger partial charge on any atom is -0.484 e. The highest BCUT2D eigenvalue weighted by molar-refractivity contribution is 5.97. The number of ether oxygens (including phenoxy) is 1. The summed E-state index contributed by atoms with van der Waals surface area (Å²) in [6.07, 6.45) is 11.7. The molecule has 2 saturated heterocycles. The van der Waals surface area contributed by atoms with Crippen LogP contribution >= 0.6 is 0 Å². The molecule has 3 heterocycles. The molecular weight excluding hydrogens is 602 g/mol. The molecule has 2 fully saturated rings. The molecule has 3 atom stereocenters. The molecule has 260 valence electrons. The molecule has 0 bridgehead atoms. The number of allylic oxidation sites excluding steroid dienone is 1. The molecule has 0 radical (unpaired) electrons. The van der Waals surface area contributed by atoms with Crippen molar-refractivity contribution in [2.45, 2.75) is 97.2 Å². The summed E-state index contributed by atoms with van der Waals surface area (Å²) in [5.74, 6) is 1.45. The van der Waals surface area contributed by atoms with Crippen molar-refractivity contribution in [3.8, 4) is 5.75 Å². The smallest absolute Gasteiger partial charge is 0.320 e. The van der Waals surface area contributed by atoms with E-state index >= 15 is 0 Å². The van der Waals surface area contributed by atoms with Gasteiger partial charge in [0.15, 0.2) is 0 Å². The van der Waals surface area contributed by atoms with Gasteiger partial charge in [0.05, 0.1) is 12.2 Å². The number of rotatable bonds is 9. The van der Waals surface area contributed by atoms with Gasteiger partial charge in [-0.2, -0.15) is 0 Å². The quantitative estimate of drug-likeness (QED) is 0.148. The van der Waals surface area contributed by atoms with Gasteiger partial charge >= 0.3 is 6.03 Å². The highest BCUT2D eigenvalue weighted by Gasteiger charge is 2.30. The van der Waals surface area contributed by atoms with Gasteiger partial charge in [-0.25, -0.2) is 4.79 Å². The average Bonchev–Trinajstić information content (AvgIpc) is 3.06.